The first-order valence-corrected chi connectivity index (χ1v) is 6.79. The van der Waals surface area contributed by atoms with Crippen LogP contribution in [0.15, 0.2) is 25.3 Å². The number of hydrogen-bond acceptors (Lipinski definition) is 5. The Hall–Kier alpha value is -0.260. The van der Waals surface area contributed by atoms with Gasteiger partial charge in [0.25, 0.3) is 0 Å². The van der Waals surface area contributed by atoms with E-state index >= 15 is 0 Å². The molecule has 0 aromatic carbocycles. The molecule has 0 fully saturated rings. The molecule has 0 aromatic rings. The molecule has 0 bridgehead atoms. The summed E-state index contributed by atoms with van der Waals surface area (Å²) >= 11 is 0. The van der Waals surface area contributed by atoms with E-state index in [0.717, 1.165) is 0 Å². The van der Waals surface area contributed by atoms with Crippen LogP contribution in [0.5, 0.6) is 0 Å². The van der Waals surface area contributed by atoms with Crippen molar-refractivity contribution in [3.05, 3.63) is 25.3 Å². The Bertz CT molecular complexity index is 258. The summed E-state index contributed by atoms with van der Waals surface area (Å²) in [6.07, 6.45) is 1.61. The van der Waals surface area contributed by atoms with Gasteiger partial charge < -0.3 is 9.79 Å². The summed E-state index contributed by atoms with van der Waals surface area (Å²) in [5.74, 6) is 0. The van der Waals surface area contributed by atoms with Crippen molar-refractivity contribution >= 4 is 16.5 Å². The van der Waals surface area contributed by atoms with E-state index in [1.54, 1.807) is 0 Å². The van der Waals surface area contributed by atoms with Crippen molar-refractivity contribution in [3.8, 4) is 0 Å². The molecule has 0 aliphatic heterocycles. The molecule has 2 unspecified atom stereocenters. The minimum absolute atomic E-state index is 0.251. The van der Waals surface area contributed by atoms with E-state index in [4.69, 9.17) is 9.79 Å². The van der Waals surface area contributed by atoms with E-state index in [9.17, 15) is 9.13 Å². The lowest BCUT2D eigenvalue weighted by molar-refractivity contribution is -0.108. The van der Waals surface area contributed by atoms with E-state index in [1.807, 2.05) is 0 Å². The summed E-state index contributed by atoms with van der Waals surface area (Å²) in [5.41, 5.74) is 0. The predicted molar refractivity (Wildman–Crippen MR) is 60.4 cm³/mol. The molecular formula is C7H15NO6P2. The van der Waals surface area contributed by atoms with E-state index in [1.165, 1.54) is 17.1 Å². The van der Waals surface area contributed by atoms with Crippen LogP contribution in [0.1, 0.15) is 0 Å². The molecule has 0 rings (SSSR count). The SMILES string of the molecule is C=CCN(CC=C)C(O[PH](=O)O)O[PH](=O)O. The third-order valence-corrected chi connectivity index (χ3v) is 2.24. The zero-order valence-electron chi connectivity index (χ0n) is 8.54. The second-order valence-corrected chi connectivity index (χ2v) is 4.14. The summed E-state index contributed by atoms with van der Waals surface area (Å²) in [6.45, 7) is 7.45. The van der Waals surface area contributed by atoms with Crippen LogP contribution in [0, 0.1) is 0 Å². The van der Waals surface area contributed by atoms with E-state index < -0.39 is 22.9 Å². The van der Waals surface area contributed by atoms with Crippen LogP contribution in [-0.4, -0.2) is 34.2 Å². The van der Waals surface area contributed by atoms with Crippen molar-refractivity contribution in [2.24, 2.45) is 0 Å². The average molecular weight is 271 g/mol. The summed E-state index contributed by atoms with van der Waals surface area (Å²) in [4.78, 5) is 18.6. The van der Waals surface area contributed by atoms with E-state index in [-0.39, 0.29) is 13.1 Å². The zero-order valence-corrected chi connectivity index (χ0v) is 10.5. The van der Waals surface area contributed by atoms with Gasteiger partial charge in [-0.2, -0.15) is 0 Å². The highest BCUT2D eigenvalue weighted by Gasteiger charge is 2.21. The van der Waals surface area contributed by atoms with Gasteiger partial charge in [0.05, 0.1) is 0 Å². The number of rotatable bonds is 9. The lowest BCUT2D eigenvalue weighted by Gasteiger charge is -2.26. The van der Waals surface area contributed by atoms with Crippen molar-refractivity contribution in [1.29, 1.82) is 0 Å². The van der Waals surface area contributed by atoms with Crippen LogP contribution in [0.25, 0.3) is 0 Å². The molecule has 0 saturated heterocycles. The average Bonchev–Trinajstić information content (AvgIpc) is 2.15. The molecule has 0 aliphatic carbocycles. The van der Waals surface area contributed by atoms with Gasteiger partial charge in [-0.1, -0.05) is 12.2 Å². The lowest BCUT2D eigenvalue weighted by Crippen LogP contribution is -2.37. The molecule has 2 atom stereocenters. The van der Waals surface area contributed by atoms with Crippen molar-refractivity contribution in [3.63, 3.8) is 0 Å². The second-order valence-electron chi connectivity index (χ2n) is 2.61. The first-order chi connectivity index (χ1) is 7.51. The van der Waals surface area contributed by atoms with E-state index in [2.05, 4.69) is 22.2 Å². The smallest absolute Gasteiger partial charge is 0.319 e. The Kier molecular flexibility index (Phi) is 8.70. The second kappa shape index (κ2) is 8.84. The maximum Gasteiger partial charge on any atom is 0.319 e. The van der Waals surface area contributed by atoms with Crippen LogP contribution in [-0.2, 0) is 18.2 Å². The van der Waals surface area contributed by atoms with Gasteiger partial charge in [0.1, 0.15) is 0 Å². The molecule has 0 radical (unpaired) electrons. The van der Waals surface area contributed by atoms with Gasteiger partial charge in [0, 0.05) is 13.1 Å². The molecule has 94 valence electrons. The van der Waals surface area contributed by atoms with Crippen LogP contribution < -0.4 is 0 Å². The normalized spacial score (nSPS) is 16.7. The molecule has 0 aliphatic rings. The lowest BCUT2D eigenvalue weighted by atomic mass is 10.5. The van der Waals surface area contributed by atoms with Gasteiger partial charge >= 0.3 is 16.5 Å². The minimum Gasteiger partial charge on any atom is -0.326 e. The fourth-order valence-corrected chi connectivity index (χ4v) is 1.76. The molecule has 0 saturated carbocycles. The third-order valence-electron chi connectivity index (χ3n) is 1.43. The fraction of sp³-hybridized carbons (Fsp3) is 0.429. The molecule has 0 aromatic heterocycles. The van der Waals surface area contributed by atoms with Gasteiger partial charge in [-0.15, -0.1) is 13.2 Å². The number of nitrogens with zero attached hydrogens (tertiary/aromatic N) is 1. The summed E-state index contributed by atoms with van der Waals surface area (Å²) in [6, 6.07) is 0. The predicted octanol–water partition coefficient (Wildman–Crippen LogP) is 0.741. The summed E-state index contributed by atoms with van der Waals surface area (Å²) in [5, 5.41) is 0. The maximum atomic E-state index is 10.5. The molecule has 2 N–H and O–H groups in total. The summed E-state index contributed by atoms with van der Waals surface area (Å²) < 4.78 is 30.1. The summed E-state index contributed by atoms with van der Waals surface area (Å²) in [7, 11) is -6.56. The van der Waals surface area contributed by atoms with Gasteiger partial charge in [0.15, 0.2) is 0 Å². The Morgan fingerprint density at radius 1 is 1.12 bits per heavy atom. The van der Waals surface area contributed by atoms with Crippen molar-refractivity contribution in [2.75, 3.05) is 13.1 Å². The Labute approximate surface area is 94.9 Å². The first-order valence-electron chi connectivity index (χ1n) is 4.26. The molecule has 0 spiro atoms. The Morgan fingerprint density at radius 2 is 1.50 bits per heavy atom. The fourth-order valence-electron chi connectivity index (χ4n) is 0.924. The van der Waals surface area contributed by atoms with Crippen molar-refractivity contribution < 1.29 is 28.0 Å². The molecule has 7 nitrogen and oxygen atoms in total. The van der Waals surface area contributed by atoms with Crippen LogP contribution in [0.3, 0.4) is 0 Å². The van der Waals surface area contributed by atoms with Gasteiger partial charge in [-0.05, 0) is 0 Å². The maximum absolute atomic E-state index is 10.5. The Balaban J connectivity index is 4.62. The van der Waals surface area contributed by atoms with Crippen molar-refractivity contribution in [1.82, 2.24) is 4.90 Å². The highest BCUT2D eigenvalue weighted by molar-refractivity contribution is 7.32. The molecular weight excluding hydrogens is 256 g/mol. The largest absolute Gasteiger partial charge is 0.326 e. The topological polar surface area (TPSA) is 96.3 Å². The van der Waals surface area contributed by atoms with Crippen LogP contribution in [0.4, 0.5) is 0 Å². The standard InChI is InChI=1S/C7H15NO6P2/c1-3-5-8(6-4-2)7(13-15(9)10)14-16(11)12/h3-4,7,15-16H,1-2,5-6H2,(H,9,10)(H,11,12). The van der Waals surface area contributed by atoms with E-state index in [0.29, 0.717) is 0 Å². The van der Waals surface area contributed by atoms with Crippen LogP contribution in [0.2, 0.25) is 0 Å². The van der Waals surface area contributed by atoms with Gasteiger partial charge in [-0.25, -0.2) is 4.90 Å². The van der Waals surface area contributed by atoms with Gasteiger partial charge in [0.2, 0.25) is 6.41 Å². The van der Waals surface area contributed by atoms with Crippen molar-refractivity contribution in [2.45, 2.75) is 6.41 Å². The number of hydrogen-bond donors (Lipinski definition) is 2. The molecule has 9 heteroatoms. The highest BCUT2D eigenvalue weighted by Crippen LogP contribution is 2.27. The zero-order chi connectivity index (χ0) is 12.6. The Morgan fingerprint density at radius 3 is 1.75 bits per heavy atom. The molecule has 0 amide bonds. The molecule has 16 heavy (non-hydrogen) atoms. The van der Waals surface area contributed by atoms with Gasteiger partial charge in [-0.3, -0.25) is 18.2 Å². The molecule has 0 heterocycles. The quantitative estimate of drug-likeness (QED) is 0.362. The third kappa shape index (κ3) is 7.09. The first kappa shape index (κ1) is 15.7. The monoisotopic (exact) mass is 271 g/mol. The highest BCUT2D eigenvalue weighted by atomic mass is 31.1. The van der Waals surface area contributed by atoms with Crippen LogP contribution >= 0.6 is 16.5 Å². The minimum atomic E-state index is -3.28.